The van der Waals surface area contributed by atoms with Crippen LogP contribution in [0.1, 0.15) is 25.6 Å². The summed E-state index contributed by atoms with van der Waals surface area (Å²) in [6.07, 6.45) is 0. The number of nitrogens with one attached hydrogen (secondary N) is 2. The third-order valence-corrected chi connectivity index (χ3v) is 3.43. The second-order valence-corrected chi connectivity index (χ2v) is 4.96. The highest BCUT2D eigenvalue weighted by Gasteiger charge is 2.09. The van der Waals surface area contributed by atoms with E-state index in [1.165, 1.54) is 11.3 Å². The monoisotopic (exact) mass is 290 g/mol. The van der Waals surface area contributed by atoms with Gasteiger partial charge in [-0.3, -0.25) is 20.4 Å². The molecule has 1 heterocycles. The average molecular weight is 290 g/mol. The molecule has 1 aromatic carbocycles. The summed E-state index contributed by atoms with van der Waals surface area (Å²) in [5.41, 5.74) is 6.19. The zero-order valence-corrected chi connectivity index (χ0v) is 11.7. The van der Waals surface area contributed by atoms with Crippen molar-refractivity contribution in [2.24, 2.45) is 0 Å². The summed E-state index contributed by atoms with van der Waals surface area (Å²) in [7, 11) is 1.61. The lowest BCUT2D eigenvalue weighted by Crippen LogP contribution is -2.41. The molecule has 0 aliphatic carbocycles. The third kappa shape index (κ3) is 3.66. The maximum atomic E-state index is 11.8. The molecule has 1 aromatic heterocycles. The molecule has 0 bridgehead atoms. The molecule has 0 fully saturated rings. The number of rotatable bonds is 4. The van der Waals surface area contributed by atoms with Crippen molar-refractivity contribution in [2.45, 2.75) is 6.61 Å². The SMILES string of the molecule is COCc1ccc(C(=O)NNC(=O)c2cccs2)cc1. The maximum absolute atomic E-state index is 11.8. The number of benzene rings is 1. The highest BCUT2D eigenvalue weighted by atomic mass is 32.1. The Labute approximate surface area is 120 Å². The van der Waals surface area contributed by atoms with Crippen LogP contribution in [0.25, 0.3) is 0 Å². The van der Waals surface area contributed by atoms with Crippen LogP contribution in [0.5, 0.6) is 0 Å². The Kier molecular flexibility index (Phi) is 4.86. The molecule has 2 amide bonds. The van der Waals surface area contributed by atoms with Crippen LogP contribution in [-0.4, -0.2) is 18.9 Å². The van der Waals surface area contributed by atoms with Crippen LogP contribution in [0.15, 0.2) is 41.8 Å². The van der Waals surface area contributed by atoms with Gasteiger partial charge in [-0.2, -0.15) is 0 Å². The first-order valence-electron chi connectivity index (χ1n) is 5.93. The van der Waals surface area contributed by atoms with Gasteiger partial charge in [0.15, 0.2) is 0 Å². The summed E-state index contributed by atoms with van der Waals surface area (Å²) < 4.78 is 4.99. The molecule has 0 aliphatic heterocycles. The summed E-state index contributed by atoms with van der Waals surface area (Å²) in [4.78, 5) is 24.0. The molecule has 20 heavy (non-hydrogen) atoms. The largest absolute Gasteiger partial charge is 0.380 e. The van der Waals surface area contributed by atoms with E-state index < -0.39 is 0 Å². The molecule has 0 saturated carbocycles. The Bertz CT molecular complexity index is 579. The van der Waals surface area contributed by atoms with Gasteiger partial charge in [-0.15, -0.1) is 11.3 Å². The van der Waals surface area contributed by atoms with Crippen LogP contribution >= 0.6 is 11.3 Å². The van der Waals surface area contributed by atoms with Crippen LogP contribution < -0.4 is 10.9 Å². The van der Waals surface area contributed by atoms with Crippen molar-refractivity contribution in [3.63, 3.8) is 0 Å². The molecule has 0 spiro atoms. The Hall–Kier alpha value is -2.18. The third-order valence-electron chi connectivity index (χ3n) is 2.56. The molecule has 2 aromatic rings. The number of carbonyl (C=O) groups is 2. The molecular weight excluding hydrogens is 276 g/mol. The summed E-state index contributed by atoms with van der Waals surface area (Å²) in [5, 5.41) is 1.80. The number of amides is 2. The van der Waals surface area contributed by atoms with E-state index in [4.69, 9.17) is 4.74 Å². The summed E-state index contributed by atoms with van der Waals surface area (Å²) in [5.74, 6) is -0.691. The van der Waals surface area contributed by atoms with Gasteiger partial charge in [0.2, 0.25) is 0 Å². The molecule has 2 rings (SSSR count). The van der Waals surface area contributed by atoms with Crippen molar-refractivity contribution in [3.8, 4) is 0 Å². The first-order chi connectivity index (χ1) is 9.70. The van der Waals surface area contributed by atoms with Gasteiger partial charge in [0.1, 0.15) is 0 Å². The van der Waals surface area contributed by atoms with Crippen LogP contribution in [0, 0.1) is 0 Å². The van der Waals surface area contributed by atoms with Gasteiger partial charge in [0.05, 0.1) is 11.5 Å². The van der Waals surface area contributed by atoms with Gasteiger partial charge in [0, 0.05) is 12.7 Å². The Morgan fingerprint density at radius 2 is 1.80 bits per heavy atom. The first kappa shape index (κ1) is 14.2. The highest BCUT2D eigenvalue weighted by Crippen LogP contribution is 2.08. The quantitative estimate of drug-likeness (QED) is 0.846. The molecular formula is C14H14N2O3S. The maximum Gasteiger partial charge on any atom is 0.279 e. The van der Waals surface area contributed by atoms with E-state index in [9.17, 15) is 9.59 Å². The lowest BCUT2D eigenvalue weighted by atomic mass is 10.1. The second-order valence-electron chi connectivity index (χ2n) is 4.02. The van der Waals surface area contributed by atoms with Gasteiger partial charge < -0.3 is 4.74 Å². The number of methoxy groups -OCH3 is 1. The first-order valence-corrected chi connectivity index (χ1v) is 6.80. The molecule has 5 nitrogen and oxygen atoms in total. The second kappa shape index (κ2) is 6.83. The molecule has 104 valence electrons. The molecule has 0 atom stereocenters. The summed E-state index contributed by atoms with van der Waals surface area (Å²) in [6.45, 7) is 0.497. The number of carbonyl (C=O) groups excluding carboxylic acids is 2. The minimum Gasteiger partial charge on any atom is -0.380 e. The molecule has 0 unspecified atom stereocenters. The zero-order chi connectivity index (χ0) is 14.4. The Balaban J connectivity index is 1.90. The van der Waals surface area contributed by atoms with E-state index in [-0.39, 0.29) is 11.8 Å². The van der Waals surface area contributed by atoms with Crippen molar-refractivity contribution in [1.82, 2.24) is 10.9 Å². The predicted molar refractivity (Wildman–Crippen MR) is 76.4 cm³/mol. The van der Waals surface area contributed by atoms with Crippen molar-refractivity contribution < 1.29 is 14.3 Å². The fraction of sp³-hybridized carbons (Fsp3) is 0.143. The molecule has 0 radical (unpaired) electrons. The lowest BCUT2D eigenvalue weighted by molar-refractivity contribution is 0.0849. The number of hydrogen-bond acceptors (Lipinski definition) is 4. The Morgan fingerprint density at radius 1 is 1.10 bits per heavy atom. The predicted octanol–water partition coefficient (Wildman–Crippen LogP) is 1.97. The van der Waals surface area contributed by atoms with E-state index in [1.54, 1.807) is 48.9 Å². The van der Waals surface area contributed by atoms with Gasteiger partial charge in [-0.1, -0.05) is 18.2 Å². The van der Waals surface area contributed by atoms with Crippen molar-refractivity contribution >= 4 is 23.2 Å². The van der Waals surface area contributed by atoms with Crippen LogP contribution in [0.2, 0.25) is 0 Å². The van der Waals surface area contributed by atoms with E-state index in [2.05, 4.69) is 10.9 Å². The van der Waals surface area contributed by atoms with Crippen LogP contribution in [0.3, 0.4) is 0 Å². The van der Waals surface area contributed by atoms with Gasteiger partial charge in [0.25, 0.3) is 11.8 Å². The van der Waals surface area contributed by atoms with Gasteiger partial charge in [-0.25, -0.2) is 0 Å². The fourth-order valence-electron chi connectivity index (χ4n) is 1.57. The number of thiophene rings is 1. The topological polar surface area (TPSA) is 67.4 Å². The number of hydrogen-bond donors (Lipinski definition) is 2. The van der Waals surface area contributed by atoms with Gasteiger partial charge >= 0.3 is 0 Å². The normalized spacial score (nSPS) is 10.1. The highest BCUT2D eigenvalue weighted by molar-refractivity contribution is 7.12. The average Bonchev–Trinajstić information content (AvgIpc) is 3.00. The number of hydrazine groups is 1. The molecule has 0 saturated heterocycles. The van der Waals surface area contributed by atoms with Crippen molar-refractivity contribution in [1.29, 1.82) is 0 Å². The van der Waals surface area contributed by atoms with Crippen molar-refractivity contribution in [2.75, 3.05) is 7.11 Å². The van der Waals surface area contributed by atoms with Crippen LogP contribution in [-0.2, 0) is 11.3 Å². The minimum atomic E-state index is -0.362. The van der Waals surface area contributed by atoms with E-state index in [0.717, 1.165) is 5.56 Å². The summed E-state index contributed by atoms with van der Waals surface area (Å²) in [6, 6.07) is 10.4. The van der Waals surface area contributed by atoms with E-state index in [0.29, 0.717) is 17.0 Å². The Morgan fingerprint density at radius 3 is 2.40 bits per heavy atom. The lowest BCUT2D eigenvalue weighted by Gasteiger charge is -2.07. The standard InChI is InChI=1S/C14H14N2O3S/c1-19-9-10-4-6-11(7-5-10)13(17)15-16-14(18)12-3-2-8-20-12/h2-8H,9H2,1H3,(H,15,17)(H,16,18). The molecule has 2 N–H and O–H groups in total. The smallest absolute Gasteiger partial charge is 0.279 e. The van der Waals surface area contributed by atoms with Crippen LogP contribution in [0.4, 0.5) is 0 Å². The number of ether oxygens (including phenoxy) is 1. The minimum absolute atomic E-state index is 0.329. The molecule has 0 aliphatic rings. The fourth-order valence-corrected chi connectivity index (χ4v) is 2.19. The van der Waals surface area contributed by atoms with Gasteiger partial charge in [-0.05, 0) is 29.1 Å². The van der Waals surface area contributed by atoms with Crippen molar-refractivity contribution in [3.05, 3.63) is 57.8 Å². The van der Waals surface area contributed by atoms with E-state index >= 15 is 0 Å². The zero-order valence-electron chi connectivity index (χ0n) is 10.9. The molecule has 6 heteroatoms. The summed E-state index contributed by atoms with van der Waals surface area (Å²) >= 11 is 1.31. The van der Waals surface area contributed by atoms with E-state index in [1.807, 2.05) is 0 Å².